The van der Waals surface area contributed by atoms with E-state index in [0.29, 0.717) is 23.6 Å². The number of para-hydroxylation sites is 2. The molecule has 0 spiro atoms. The molecule has 0 aromatic heterocycles. The molecule has 156 valence electrons. The van der Waals surface area contributed by atoms with E-state index in [1.165, 1.54) is 0 Å². The van der Waals surface area contributed by atoms with Crippen LogP contribution >= 0.6 is 0 Å². The fourth-order valence-corrected chi connectivity index (χ4v) is 2.95. The van der Waals surface area contributed by atoms with Crippen LogP contribution in [0.4, 0.5) is 5.69 Å². The Morgan fingerprint density at radius 3 is 2.34 bits per heavy atom. The molecule has 6 heteroatoms. The van der Waals surface area contributed by atoms with Gasteiger partial charge in [-0.15, -0.1) is 0 Å². The fourth-order valence-electron chi connectivity index (χ4n) is 2.95. The van der Waals surface area contributed by atoms with E-state index in [1.54, 1.807) is 12.1 Å². The third-order valence-electron chi connectivity index (χ3n) is 4.63. The first-order valence-corrected chi connectivity index (χ1v) is 10.1. The largest absolute Gasteiger partial charge is 0.490 e. The van der Waals surface area contributed by atoms with E-state index in [-0.39, 0.29) is 24.3 Å². The van der Waals surface area contributed by atoms with Gasteiger partial charge in [-0.1, -0.05) is 44.2 Å². The predicted molar refractivity (Wildman–Crippen MR) is 116 cm³/mol. The van der Waals surface area contributed by atoms with Crippen LogP contribution in [-0.4, -0.2) is 49.0 Å². The molecule has 0 heterocycles. The van der Waals surface area contributed by atoms with Crippen molar-refractivity contribution in [3.05, 3.63) is 60.2 Å². The minimum Gasteiger partial charge on any atom is -0.490 e. The standard InChI is InChI=1S/C23H31N3O3/c1-4-26(5-2)15-16-29-21-14-10-9-13-20(21)25-22(27)17-18(3)24-23(28)19-11-7-6-8-12-19/h6-14,18H,4-5,15-17H2,1-3H3,(H,24,28)(H,25,27). The van der Waals surface area contributed by atoms with Crippen molar-refractivity contribution < 1.29 is 14.3 Å². The molecular formula is C23H31N3O3. The lowest BCUT2D eigenvalue weighted by Gasteiger charge is -2.19. The van der Waals surface area contributed by atoms with Crippen molar-refractivity contribution in [2.45, 2.75) is 33.2 Å². The third kappa shape index (κ3) is 7.58. The van der Waals surface area contributed by atoms with Gasteiger partial charge in [-0.05, 0) is 44.3 Å². The second-order valence-corrected chi connectivity index (χ2v) is 6.86. The summed E-state index contributed by atoms with van der Waals surface area (Å²) in [4.78, 5) is 26.9. The van der Waals surface area contributed by atoms with E-state index >= 15 is 0 Å². The fraction of sp³-hybridized carbons (Fsp3) is 0.391. The maximum atomic E-state index is 12.4. The Morgan fingerprint density at radius 2 is 1.66 bits per heavy atom. The van der Waals surface area contributed by atoms with Crippen LogP contribution in [0.5, 0.6) is 5.75 Å². The summed E-state index contributed by atoms with van der Waals surface area (Å²) in [7, 11) is 0. The minimum atomic E-state index is -0.293. The molecular weight excluding hydrogens is 366 g/mol. The molecule has 0 bridgehead atoms. The van der Waals surface area contributed by atoms with Crippen molar-refractivity contribution in [3.63, 3.8) is 0 Å². The highest BCUT2D eigenvalue weighted by molar-refractivity contribution is 5.96. The van der Waals surface area contributed by atoms with Crippen LogP contribution in [0.15, 0.2) is 54.6 Å². The van der Waals surface area contributed by atoms with Gasteiger partial charge in [0, 0.05) is 24.6 Å². The monoisotopic (exact) mass is 397 g/mol. The molecule has 0 aliphatic rings. The highest BCUT2D eigenvalue weighted by Crippen LogP contribution is 2.24. The summed E-state index contributed by atoms with van der Waals surface area (Å²) in [6, 6.07) is 16.1. The van der Waals surface area contributed by atoms with E-state index in [0.717, 1.165) is 19.6 Å². The molecule has 0 saturated carbocycles. The number of hydrogen-bond acceptors (Lipinski definition) is 4. The van der Waals surface area contributed by atoms with E-state index in [2.05, 4.69) is 29.4 Å². The molecule has 6 nitrogen and oxygen atoms in total. The first-order chi connectivity index (χ1) is 14.0. The normalized spacial score (nSPS) is 11.7. The van der Waals surface area contributed by atoms with Crippen molar-refractivity contribution >= 4 is 17.5 Å². The molecule has 2 aromatic carbocycles. The van der Waals surface area contributed by atoms with Crippen molar-refractivity contribution in [1.82, 2.24) is 10.2 Å². The number of anilines is 1. The highest BCUT2D eigenvalue weighted by atomic mass is 16.5. The Morgan fingerprint density at radius 1 is 1.00 bits per heavy atom. The van der Waals surface area contributed by atoms with Crippen LogP contribution in [0.1, 0.15) is 37.6 Å². The van der Waals surface area contributed by atoms with Gasteiger partial charge in [0.1, 0.15) is 12.4 Å². The maximum absolute atomic E-state index is 12.4. The smallest absolute Gasteiger partial charge is 0.251 e. The molecule has 0 fully saturated rings. The molecule has 2 N–H and O–H groups in total. The Kier molecular flexibility index (Phi) is 9.18. The quantitative estimate of drug-likeness (QED) is 0.608. The van der Waals surface area contributed by atoms with Gasteiger partial charge >= 0.3 is 0 Å². The molecule has 0 aliphatic heterocycles. The van der Waals surface area contributed by atoms with Crippen molar-refractivity contribution in [2.75, 3.05) is 31.6 Å². The van der Waals surface area contributed by atoms with Crippen molar-refractivity contribution in [3.8, 4) is 5.75 Å². The number of amides is 2. The van der Waals surface area contributed by atoms with Gasteiger partial charge in [-0.25, -0.2) is 0 Å². The average molecular weight is 398 g/mol. The summed E-state index contributed by atoms with van der Waals surface area (Å²) in [5.41, 5.74) is 1.21. The summed E-state index contributed by atoms with van der Waals surface area (Å²) < 4.78 is 5.87. The summed E-state index contributed by atoms with van der Waals surface area (Å²) in [6.45, 7) is 9.39. The van der Waals surface area contributed by atoms with E-state index in [1.807, 2.05) is 49.4 Å². The zero-order valence-electron chi connectivity index (χ0n) is 17.5. The van der Waals surface area contributed by atoms with Gasteiger partial charge in [0.15, 0.2) is 0 Å². The summed E-state index contributed by atoms with van der Waals surface area (Å²) in [6.07, 6.45) is 0.173. The van der Waals surface area contributed by atoms with E-state index in [4.69, 9.17) is 4.74 Å². The number of rotatable bonds is 11. The van der Waals surface area contributed by atoms with Gasteiger partial charge in [-0.3, -0.25) is 9.59 Å². The zero-order valence-corrected chi connectivity index (χ0v) is 17.5. The molecule has 0 radical (unpaired) electrons. The second-order valence-electron chi connectivity index (χ2n) is 6.86. The molecule has 2 aromatic rings. The molecule has 29 heavy (non-hydrogen) atoms. The average Bonchev–Trinajstić information content (AvgIpc) is 2.72. The van der Waals surface area contributed by atoms with Crippen molar-refractivity contribution in [1.29, 1.82) is 0 Å². The topological polar surface area (TPSA) is 70.7 Å². The van der Waals surface area contributed by atoms with E-state index < -0.39 is 0 Å². The second kappa shape index (κ2) is 11.9. The summed E-state index contributed by atoms with van der Waals surface area (Å²) in [5, 5.41) is 5.74. The molecule has 2 rings (SSSR count). The molecule has 2 amide bonds. The zero-order chi connectivity index (χ0) is 21.1. The van der Waals surface area contributed by atoms with Crippen LogP contribution in [0.3, 0.4) is 0 Å². The van der Waals surface area contributed by atoms with Crippen LogP contribution in [0.2, 0.25) is 0 Å². The Bertz CT molecular complexity index is 776. The third-order valence-corrected chi connectivity index (χ3v) is 4.63. The van der Waals surface area contributed by atoms with Crippen LogP contribution in [0, 0.1) is 0 Å². The number of carbonyl (C=O) groups excluding carboxylic acids is 2. The molecule has 0 aliphatic carbocycles. The Hall–Kier alpha value is -2.86. The number of hydrogen-bond donors (Lipinski definition) is 2. The maximum Gasteiger partial charge on any atom is 0.251 e. The van der Waals surface area contributed by atoms with Crippen LogP contribution in [-0.2, 0) is 4.79 Å². The first kappa shape index (κ1) is 22.4. The predicted octanol–water partition coefficient (Wildman–Crippen LogP) is 3.55. The number of nitrogens with one attached hydrogen (secondary N) is 2. The number of likely N-dealkylation sites (N-methyl/N-ethyl adjacent to an activating group) is 1. The number of ether oxygens (including phenoxy) is 1. The first-order valence-electron chi connectivity index (χ1n) is 10.1. The van der Waals surface area contributed by atoms with Crippen LogP contribution in [0.25, 0.3) is 0 Å². The lowest BCUT2D eigenvalue weighted by Crippen LogP contribution is -2.35. The van der Waals surface area contributed by atoms with Gasteiger partial charge in [-0.2, -0.15) is 0 Å². The van der Waals surface area contributed by atoms with Gasteiger partial charge < -0.3 is 20.3 Å². The number of benzene rings is 2. The van der Waals surface area contributed by atoms with Crippen molar-refractivity contribution in [2.24, 2.45) is 0 Å². The molecule has 0 saturated heterocycles. The summed E-state index contributed by atoms with van der Waals surface area (Å²) in [5.74, 6) is 0.283. The molecule has 1 atom stereocenters. The van der Waals surface area contributed by atoms with Gasteiger partial charge in [0.25, 0.3) is 5.91 Å². The lowest BCUT2D eigenvalue weighted by molar-refractivity contribution is -0.116. The van der Waals surface area contributed by atoms with Crippen LogP contribution < -0.4 is 15.4 Å². The highest BCUT2D eigenvalue weighted by Gasteiger charge is 2.14. The molecule has 1 unspecified atom stereocenters. The number of carbonyl (C=O) groups is 2. The van der Waals surface area contributed by atoms with Gasteiger partial charge in [0.05, 0.1) is 5.69 Å². The summed E-state index contributed by atoms with van der Waals surface area (Å²) >= 11 is 0. The Labute approximate surface area is 173 Å². The lowest BCUT2D eigenvalue weighted by atomic mass is 10.1. The minimum absolute atomic E-state index is 0.173. The van der Waals surface area contributed by atoms with E-state index in [9.17, 15) is 9.59 Å². The Balaban J connectivity index is 1.86. The number of nitrogens with zero attached hydrogens (tertiary/aromatic N) is 1. The SMILES string of the molecule is CCN(CC)CCOc1ccccc1NC(=O)CC(C)NC(=O)c1ccccc1. The van der Waals surface area contributed by atoms with Gasteiger partial charge in [0.2, 0.25) is 5.91 Å².